The van der Waals surface area contributed by atoms with E-state index in [-0.39, 0.29) is 29.4 Å². The first-order valence-corrected chi connectivity index (χ1v) is 8.26. The number of hydrogen-bond acceptors (Lipinski definition) is 3. The number of alkyl halides is 1. The Morgan fingerprint density at radius 1 is 1.35 bits per heavy atom. The van der Waals surface area contributed by atoms with Crippen molar-refractivity contribution >= 4 is 27.5 Å². The molecule has 1 saturated heterocycles. The molecule has 1 fully saturated rings. The summed E-state index contributed by atoms with van der Waals surface area (Å²) in [5.74, 6) is -0.385. The molecule has 0 aliphatic carbocycles. The molecule has 1 atom stereocenters. The average molecular weight is 317 g/mol. The van der Waals surface area contributed by atoms with Crippen molar-refractivity contribution in [2.75, 3.05) is 19.1 Å². The lowest BCUT2D eigenvalue weighted by Crippen LogP contribution is -2.36. The number of benzene rings is 1. The summed E-state index contributed by atoms with van der Waals surface area (Å²) in [4.78, 5) is 13.4. The van der Waals surface area contributed by atoms with E-state index in [2.05, 4.69) is 0 Å². The minimum absolute atomic E-state index is 0.0585. The van der Waals surface area contributed by atoms with Gasteiger partial charge in [-0.1, -0.05) is 17.7 Å². The fourth-order valence-corrected chi connectivity index (χ4v) is 3.82. The van der Waals surface area contributed by atoms with Gasteiger partial charge in [0.25, 0.3) is 0 Å². The summed E-state index contributed by atoms with van der Waals surface area (Å²) in [5.41, 5.74) is 0.998. The van der Waals surface area contributed by atoms with E-state index in [9.17, 15) is 13.2 Å². The van der Waals surface area contributed by atoms with Gasteiger partial charge in [-0.05, 0) is 26.0 Å². The van der Waals surface area contributed by atoms with Gasteiger partial charge in [-0.15, -0.1) is 11.6 Å². The van der Waals surface area contributed by atoms with Crippen LogP contribution in [0.5, 0.6) is 0 Å². The fraction of sp³-hybridized carbons (Fsp3) is 0.462. The van der Waals surface area contributed by atoms with E-state index in [1.54, 1.807) is 24.3 Å². The largest absolute Gasteiger partial charge is 0.324 e. The van der Waals surface area contributed by atoms with Gasteiger partial charge in [0.1, 0.15) is 5.88 Å². The van der Waals surface area contributed by atoms with Crippen LogP contribution >= 0.6 is 11.6 Å². The number of rotatable bonds is 3. The number of halogens is 1. The third kappa shape index (κ3) is 2.82. The molecule has 1 aliphatic rings. The molecule has 0 saturated carbocycles. The number of amides is 1. The van der Waals surface area contributed by atoms with Gasteiger partial charge in [0.05, 0.1) is 11.6 Å². The van der Waals surface area contributed by atoms with Crippen LogP contribution in [0.3, 0.4) is 0 Å². The van der Waals surface area contributed by atoms with E-state index < -0.39 is 10.0 Å². The number of nitrogens with zero attached hydrogens (tertiary/aromatic N) is 2. The minimum atomic E-state index is -3.57. The Balaban J connectivity index is 2.24. The molecule has 0 radical (unpaired) electrons. The van der Waals surface area contributed by atoms with E-state index in [0.717, 1.165) is 5.56 Å². The number of sulfonamides is 1. The van der Waals surface area contributed by atoms with E-state index in [0.29, 0.717) is 6.54 Å². The molecule has 110 valence electrons. The van der Waals surface area contributed by atoms with Crippen LogP contribution in [-0.2, 0) is 14.8 Å². The summed E-state index contributed by atoms with van der Waals surface area (Å²) in [6.45, 7) is 4.06. The van der Waals surface area contributed by atoms with Crippen molar-refractivity contribution < 1.29 is 13.2 Å². The molecule has 0 spiro atoms. The van der Waals surface area contributed by atoms with E-state index in [1.165, 1.54) is 9.21 Å². The predicted octanol–water partition coefficient (Wildman–Crippen LogP) is 1.41. The highest BCUT2D eigenvalue weighted by atomic mass is 35.5. The van der Waals surface area contributed by atoms with Crippen molar-refractivity contribution in [2.24, 2.45) is 0 Å². The maximum atomic E-state index is 12.5. The van der Waals surface area contributed by atoms with Gasteiger partial charge in [-0.25, -0.2) is 8.42 Å². The zero-order chi connectivity index (χ0) is 14.9. The second-order valence-corrected chi connectivity index (χ2v) is 7.15. The molecule has 7 heteroatoms. The molecule has 0 N–H and O–H groups in total. The Kier molecular flexibility index (Phi) is 4.36. The monoisotopic (exact) mass is 316 g/mol. The quantitative estimate of drug-likeness (QED) is 0.792. The highest BCUT2D eigenvalue weighted by molar-refractivity contribution is 7.89. The highest BCUT2D eigenvalue weighted by Crippen LogP contribution is 2.23. The third-order valence-electron chi connectivity index (χ3n) is 3.40. The van der Waals surface area contributed by atoms with Gasteiger partial charge in [0, 0.05) is 12.6 Å². The Morgan fingerprint density at radius 2 is 1.95 bits per heavy atom. The molecule has 1 aromatic carbocycles. The Morgan fingerprint density at radius 3 is 2.50 bits per heavy atom. The molecule has 1 amide bonds. The van der Waals surface area contributed by atoms with E-state index in [1.807, 2.05) is 13.8 Å². The number of hydrogen-bond donors (Lipinski definition) is 0. The van der Waals surface area contributed by atoms with Crippen LogP contribution in [0.25, 0.3) is 0 Å². The summed E-state index contributed by atoms with van der Waals surface area (Å²) in [5, 5.41) is 0. The number of carbonyl (C=O) groups excluding carboxylic acids is 1. The Bertz CT molecular complexity index is 601. The minimum Gasteiger partial charge on any atom is -0.324 e. The van der Waals surface area contributed by atoms with Crippen molar-refractivity contribution in [3.05, 3.63) is 29.8 Å². The fourth-order valence-electron chi connectivity index (χ4n) is 2.20. The van der Waals surface area contributed by atoms with Gasteiger partial charge in [0.15, 0.2) is 0 Å². The average Bonchev–Trinajstić information content (AvgIpc) is 2.81. The molecule has 5 nitrogen and oxygen atoms in total. The van der Waals surface area contributed by atoms with Gasteiger partial charge >= 0.3 is 0 Å². The standard InChI is InChI=1S/C13H17ClN2O3S/c1-10-3-5-12(6-4-10)20(18,19)15-8-11(2)16(9-15)13(17)7-14/h3-6,11H,7-9H2,1-2H3/t11-/m1/s1. The molecule has 1 heterocycles. The molecule has 1 aliphatic heterocycles. The zero-order valence-corrected chi connectivity index (χ0v) is 13.0. The Labute approximate surface area is 124 Å². The highest BCUT2D eigenvalue weighted by Gasteiger charge is 2.37. The van der Waals surface area contributed by atoms with Crippen molar-refractivity contribution in [2.45, 2.75) is 24.8 Å². The normalized spacial score (nSPS) is 20.4. The van der Waals surface area contributed by atoms with Crippen molar-refractivity contribution in [1.82, 2.24) is 9.21 Å². The first kappa shape index (κ1) is 15.3. The Hall–Kier alpha value is -1.11. The molecule has 0 bridgehead atoms. The molecule has 1 aromatic rings. The molecule has 0 unspecified atom stereocenters. The van der Waals surface area contributed by atoms with Crippen molar-refractivity contribution in [3.8, 4) is 0 Å². The van der Waals surface area contributed by atoms with Crippen LogP contribution in [-0.4, -0.2) is 48.7 Å². The predicted molar refractivity (Wildman–Crippen MR) is 77.0 cm³/mol. The van der Waals surface area contributed by atoms with Crippen LogP contribution < -0.4 is 0 Å². The maximum Gasteiger partial charge on any atom is 0.244 e. The third-order valence-corrected chi connectivity index (χ3v) is 5.44. The van der Waals surface area contributed by atoms with Gasteiger partial charge in [-0.3, -0.25) is 4.79 Å². The topological polar surface area (TPSA) is 57.7 Å². The molecule has 0 aromatic heterocycles. The van der Waals surface area contributed by atoms with Crippen LogP contribution in [0.15, 0.2) is 29.2 Å². The van der Waals surface area contributed by atoms with Crippen LogP contribution in [0.1, 0.15) is 12.5 Å². The van der Waals surface area contributed by atoms with Crippen LogP contribution in [0.2, 0.25) is 0 Å². The molecular formula is C13H17ClN2O3S. The lowest BCUT2D eigenvalue weighted by Gasteiger charge is -2.19. The van der Waals surface area contributed by atoms with Crippen LogP contribution in [0.4, 0.5) is 0 Å². The summed E-state index contributed by atoms with van der Waals surface area (Å²) in [6, 6.07) is 6.52. The second kappa shape index (κ2) is 5.71. The molecule has 2 rings (SSSR count). The second-order valence-electron chi connectivity index (χ2n) is 4.94. The smallest absolute Gasteiger partial charge is 0.244 e. The SMILES string of the molecule is Cc1ccc(S(=O)(=O)N2C[C@@H](C)N(C(=O)CCl)C2)cc1. The van der Waals surface area contributed by atoms with E-state index in [4.69, 9.17) is 11.6 Å². The summed E-state index contributed by atoms with van der Waals surface area (Å²) in [7, 11) is -3.57. The summed E-state index contributed by atoms with van der Waals surface area (Å²) >= 11 is 5.53. The van der Waals surface area contributed by atoms with E-state index >= 15 is 0 Å². The maximum absolute atomic E-state index is 12.5. The van der Waals surface area contributed by atoms with Crippen LogP contribution in [0, 0.1) is 6.92 Å². The number of carbonyl (C=O) groups is 1. The number of aryl methyl sites for hydroxylation is 1. The summed E-state index contributed by atoms with van der Waals surface area (Å²) < 4.78 is 26.3. The van der Waals surface area contributed by atoms with Gasteiger partial charge < -0.3 is 4.90 Å². The molecule has 20 heavy (non-hydrogen) atoms. The lowest BCUT2D eigenvalue weighted by atomic mass is 10.2. The zero-order valence-electron chi connectivity index (χ0n) is 11.4. The first-order valence-electron chi connectivity index (χ1n) is 6.28. The van der Waals surface area contributed by atoms with Crippen molar-refractivity contribution in [3.63, 3.8) is 0 Å². The van der Waals surface area contributed by atoms with Gasteiger partial charge in [0.2, 0.25) is 15.9 Å². The first-order chi connectivity index (χ1) is 9.36. The molecular weight excluding hydrogens is 300 g/mol. The lowest BCUT2D eigenvalue weighted by molar-refractivity contribution is -0.129. The van der Waals surface area contributed by atoms with Gasteiger partial charge in [-0.2, -0.15) is 4.31 Å². The van der Waals surface area contributed by atoms with Crippen molar-refractivity contribution in [1.29, 1.82) is 0 Å². The summed E-state index contributed by atoms with van der Waals surface area (Å²) in [6.07, 6.45) is 0.